The first-order valence-electron chi connectivity index (χ1n) is 28.2. The van der Waals surface area contributed by atoms with Crippen LogP contribution in [0.2, 0.25) is 0 Å². The molecule has 0 N–H and O–H groups in total. The molecule has 1 atom stereocenters. The molecule has 0 fully saturated rings. The van der Waals surface area contributed by atoms with Gasteiger partial charge in [0.25, 0.3) is 0 Å². The Morgan fingerprint density at radius 1 is 0.309 bits per heavy atom. The van der Waals surface area contributed by atoms with E-state index in [0.717, 1.165) is 128 Å². The minimum absolute atomic E-state index is 0.0841. The van der Waals surface area contributed by atoms with Gasteiger partial charge in [0.1, 0.15) is 13.2 Å². The Labute approximate surface area is 419 Å². The lowest BCUT2D eigenvalue weighted by Crippen LogP contribution is -2.30. The molecular weight excluding hydrogens is 841 g/mol. The van der Waals surface area contributed by atoms with Crippen molar-refractivity contribution >= 4 is 17.9 Å². The third-order valence-electron chi connectivity index (χ3n) is 11.8. The highest BCUT2D eigenvalue weighted by Crippen LogP contribution is 2.15. The Morgan fingerprint density at radius 2 is 0.574 bits per heavy atom. The Balaban J connectivity index is 4.20. The van der Waals surface area contributed by atoms with E-state index in [1.165, 1.54) is 89.9 Å². The van der Waals surface area contributed by atoms with E-state index in [2.05, 4.69) is 118 Å². The van der Waals surface area contributed by atoms with Crippen LogP contribution >= 0.6 is 0 Å². The summed E-state index contributed by atoms with van der Waals surface area (Å²) in [5.74, 6) is -0.907. The minimum atomic E-state index is -0.785. The molecule has 0 amide bonds. The fraction of sp³-hybridized carbons (Fsp3) is 0.694. The van der Waals surface area contributed by atoms with E-state index in [0.29, 0.717) is 19.3 Å². The second-order valence-corrected chi connectivity index (χ2v) is 18.4. The van der Waals surface area contributed by atoms with Gasteiger partial charge in [-0.05, 0) is 96.3 Å². The van der Waals surface area contributed by atoms with Crippen molar-refractivity contribution in [2.75, 3.05) is 13.2 Å². The number of carbonyl (C=O) groups is 3. The Kier molecular flexibility index (Phi) is 52.9. The van der Waals surface area contributed by atoms with Gasteiger partial charge in [0.15, 0.2) is 6.10 Å². The molecule has 6 heteroatoms. The number of rotatable bonds is 50. The van der Waals surface area contributed by atoms with Gasteiger partial charge in [-0.3, -0.25) is 14.4 Å². The van der Waals surface area contributed by atoms with Gasteiger partial charge < -0.3 is 14.2 Å². The van der Waals surface area contributed by atoms with Crippen LogP contribution < -0.4 is 0 Å². The van der Waals surface area contributed by atoms with E-state index in [1.807, 2.05) is 0 Å². The van der Waals surface area contributed by atoms with Crippen molar-refractivity contribution in [2.45, 2.75) is 264 Å². The van der Waals surface area contributed by atoms with Crippen LogP contribution in [0.3, 0.4) is 0 Å². The first kappa shape index (κ1) is 64.3. The number of ether oxygens (including phenoxy) is 3. The Morgan fingerprint density at radius 3 is 0.897 bits per heavy atom. The van der Waals surface area contributed by atoms with E-state index in [1.54, 1.807) is 0 Å². The highest BCUT2D eigenvalue weighted by molar-refractivity contribution is 5.71. The molecule has 0 aliphatic carbocycles. The molecule has 0 saturated heterocycles. The Hall–Kier alpha value is -3.67. The molecule has 0 rings (SSSR count). The van der Waals surface area contributed by atoms with E-state index in [-0.39, 0.29) is 31.1 Å². The fourth-order valence-electron chi connectivity index (χ4n) is 7.66. The zero-order valence-corrected chi connectivity index (χ0v) is 44.3. The van der Waals surface area contributed by atoms with Crippen molar-refractivity contribution in [3.05, 3.63) is 97.2 Å². The molecule has 0 heterocycles. The van der Waals surface area contributed by atoms with Crippen LogP contribution in [0.25, 0.3) is 0 Å². The molecule has 0 saturated carbocycles. The summed E-state index contributed by atoms with van der Waals surface area (Å²) in [5.41, 5.74) is 0. The molecule has 0 spiro atoms. The summed E-state index contributed by atoms with van der Waals surface area (Å²) in [6.45, 7) is 6.37. The lowest BCUT2D eigenvalue weighted by atomic mass is 10.0. The van der Waals surface area contributed by atoms with Gasteiger partial charge in [-0.1, -0.05) is 240 Å². The maximum atomic E-state index is 12.8. The predicted octanol–water partition coefficient (Wildman–Crippen LogP) is 18.9. The third-order valence-corrected chi connectivity index (χ3v) is 11.8. The van der Waals surface area contributed by atoms with E-state index < -0.39 is 6.10 Å². The van der Waals surface area contributed by atoms with Crippen LogP contribution in [0.1, 0.15) is 258 Å². The summed E-state index contributed by atoms with van der Waals surface area (Å²) >= 11 is 0. The van der Waals surface area contributed by atoms with Gasteiger partial charge >= 0.3 is 17.9 Å². The summed E-state index contributed by atoms with van der Waals surface area (Å²) < 4.78 is 16.8. The zero-order chi connectivity index (χ0) is 49.3. The molecule has 1 unspecified atom stereocenters. The Bertz CT molecular complexity index is 1360. The van der Waals surface area contributed by atoms with Crippen LogP contribution in [-0.2, 0) is 28.6 Å². The standard InChI is InChI=1S/C62H104O6/c1-4-7-10-13-16-19-21-23-25-26-27-28-29-30-31-32-33-34-35-36-38-39-41-43-46-49-52-55-61(64)67-58-59(57-66-60(63)54-51-48-45-18-15-12-9-6-3)68-62(65)56-53-50-47-44-42-40-37-24-22-20-17-14-11-8-5-2/h7-8,10-11,16-17,19-20,23-25,27-28,30-31,37,59H,4-6,9,12-15,18,21-22,26,29,32-36,38-58H2,1-3H3/b10-7-,11-8-,19-16-,20-17-,25-23-,28-27-,31-30-,37-24-. The molecule has 0 radical (unpaired) electrons. The van der Waals surface area contributed by atoms with Gasteiger partial charge in [0, 0.05) is 19.3 Å². The summed E-state index contributed by atoms with van der Waals surface area (Å²) in [5, 5.41) is 0. The highest BCUT2D eigenvalue weighted by Gasteiger charge is 2.19. The van der Waals surface area contributed by atoms with Crippen molar-refractivity contribution in [2.24, 2.45) is 0 Å². The van der Waals surface area contributed by atoms with E-state index in [9.17, 15) is 14.4 Å². The van der Waals surface area contributed by atoms with Crippen molar-refractivity contribution in [1.29, 1.82) is 0 Å². The molecule has 0 aliphatic heterocycles. The highest BCUT2D eigenvalue weighted by atomic mass is 16.6. The van der Waals surface area contributed by atoms with Gasteiger partial charge in [0.2, 0.25) is 0 Å². The second kappa shape index (κ2) is 55.9. The van der Waals surface area contributed by atoms with Gasteiger partial charge in [-0.25, -0.2) is 0 Å². The molecule has 388 valence electrons. The molecule has 68 heavy (non-hydrogen) atoms. The molecule has 0 aromatic rings. The van der Waals surface area contributed by atoms with Crippen molar-refractivity contribution in [3.8, 4) is 0 Å². The van der Waals surface area contributed by atoms with Crippen molar-refractivity contribution in [3.63, 3.8) is 0 Å². The molecule has 0 aliphatic rings. The van der Waals surface area contributed by atoms with Crippen LogP contribution in [0.15, 0.2) is 97.2 Å². The van der Waals surface area contributed by atoms with Crippen molar-refractivity contribution < 1.29 is 28.6 Å². The normalized spacial score (nSPS) is 12.8. The number of unbranched alkanes of at least 4 members (excludes halogenated alkanes) is 23. The number of hydrogen-bond acceptors (Lipinski definition) is 6. The smallest absolute Gasteiger partial charge is 0.306 e. The number of carbonyl (C=O) groups excluding carboxylic acids is 3. The average Bonchev–Trinajstić information content (AvgIpc) is 3.34. The average molecular weight is 946 g/mol. The van der Waals surface area contributed by atoms with Crippen LogP contribution in [-0.4, -0.2) is 37.2 Å². The lowest BCUT2D eigenvalue weighted by Gasteiger charge is -2.18. The second-order valence-electron chi connectivity index (χ2n) is 18.4. The topological polar surface area (TPSA) is 78.9 Å². The van der Waals surface area contributed by atoms with Gasteiger partial charge in [0.05, 0.1) is 0 Å². The maximum Gasteiger partial charge on any atom is 0.306 e. The maximum absolute atomic E-state index is 12.8. The third kappa shape index (κ3) is 53.3. The number of esters is 3. The monoisotopic (exact) mass is 945 g/mol. The minimum Gasteiger partial charge on any atom is -0.462 e. The zero-order valence-electron chi connectivity index (χ0n) is 44.3. The van der Waals surface area contributed by atoms with E-state index >= 15 is 0 Å². The number of allylic oxidation sites excluding steroid dienone is 16. The first-order chi connectivity index (χ1) is 33.5. The molecule has 0 aromatic heterocycles. The van der Waals surface area contributed by atoms with Gasteiger partial charge in [-0.2, -0.15) is 0 Å². The van der Waals surface area contributed by atoms with E-state index in [4.69, 9.17) is 14.2 Å². The molecule has 6 nitrogen and oxygen atoms in total. The SMILES string of the molecule is CC/C=C\C/C=C\C/C=C\C/C=C\C/C=C\CCCCCCCCCCCCCC(=O)OCC(COC(=O)CCCCCCCCCC)OC(=O)CCCCCCC/C=C\C/C=C\C/C=C\CC. The summed E-state index contributed by atoms with van der Waals surface area (Å²) in [6, 6.07) is 0. The van der Waals surface area contributed by atoms with Crippen LogP contribution in [0.5, 0.6) is 0 Å². The van der Waals surface area contributed by atoms with Crippen LogP contribution in [0, 0.1) is 0 Å². The van der Waals surface area contributed by atoms with Crippen LogP contribution in [0.4, 0.5) is 0 Å². The lowest BCUT2D eigenvalue weighted by molar-refractivity contribution is -0.167. The molecule has 0 bridgehead atoms. The number of hydrogen-bond donors (Lipinski definition) is 0. The van der Waals surface area contributed by atoms with Gasteiger partial charge in [-0.15, -0.1) is 0 Å². The fourth-order valence-corrected chi connectivity index (χ4v) is 7.66. The largest absolute Gasteiger partial charge is 0.462 e. The quantitative estimate of drug-likeness (QED) is 0.0262. The summed E-state index contributed by atoms with van der Waals surface area (Å²) in [4.78, 5) is 38.0. The molecular formula is C62H104O6. The van der Waals surface area contributed by atoms with Crippen molar-refractivity contribution in [1.82, 2.24) is 0 Å². The first-order valence-corrected chi connectivity index (χ1v) is 28.2. The molecule has 0 aromatic carbocycles. The predicted molar refractivity (Wildman–Crippen MR) is 293 cm³/mol. The summed E-state index contributed by atoms with van der Waals surface area (Å²) in [7, 11) is 0. The summed E-state index contributed by atoms with van der Waals surface area (Å²) in [6.07, 6.45) is 74.1.